The standard InChI is InChI=1S/C18H26N6O3/c1-18(2,3)27-17(25)24-11-14(9-10-15(24)16-19-22-23-20-16)21-26-12-13-7-5-4-6-8-13/h4-8,14-15,21H,9-12H2,1-3H3,(H,19,20,22,23)/t14-,15+/m1/s1. The Labute approximate surface area is 158 Å². The van der Waals surface area contributed by atoms with Crippen LogP contribution in [0.4, 0.5) is 4.79 Å². The number of piperidine rings is 1. The Morgan fingerprint density at radius 1 is 1.30 bits per heavy atom. The highest BCUT2D eigenvalue weighted by Gasteiger charge is 2.37. The lowest BCUT2D eigenvalue weighted by atomic mass is 9.98. The van der Waals surface area contributed by atoms with Crippen LogP contribution in [-0.2, 0) is 16.2 Å². The maximum absolute atomic E-state index is 12.7. The van der Waals surface area contributed by atoms with Gasteiger partial charge in [0.2, 0.25) is 0 Å². The summed E-state index contributed by atoms with van der Waals surface area (Å²) in [5, 5.41) is 14.2. The number of ether oxygens (including phenoxy) is 1. The molecule has 0 bridgehead atoms. The highest BCUT2D eigenvalue weighted by molar-refractivity contribution is 5.69. The Morgan fingerprint density at radius 3 is 2.74 bits per heavy atom. The second-order valence-corrected chi connectivity index (χ2v) is 7.58. The quantitative estimate of drug-likeness (QED) is 0.774. The van der Waals surface area contributed by atoms with Crippen LogP contribution in [0, 0.1) is 0 Å². The van der Waals surface area contributed by atoms with Gasteiger partial charge in [-0.25, -0.2) is 4.79 Å². The second kappa shape index (κ2) is 8.45. The summed E-state index contributed by atoms with van der Waals surface area (Å²) in [5.41, 5.74) is 3.57. The van der Waals surface area contributed by atoms with E-state index >= 15 is 0 Å². The molecule has 1 aromatic carbocycles. The predicted octanol–water partition coefficient (Wildman–Crippen LogP) is 2.36. The van der Waals surface area contributed by atoms with Gasteiger partial charge in [0.05, 0.1) is 18.7 Å². The number of amides is 1. The minimum absolute atomic E-state index is 0.00983. The zero-order chi connectivity index (χ0) is 19.3. The SMILES string of the molecule is CC(C)(C)OC(=O)N1C[C@H](NOCc2ccccc2)CC[C@H]1c1nn[nH]n1. The molecule has 0 unspecified atom stereocenters. The summed E-state index contributed by atoms with van der Waals surface area (Å²) >= 11 is 0. The molecule has 2 atom stereocenters. The number of carbonyl (C=O) groups excluding carboxylic acids is 1. The fourth-order valence-electron chi connectivity index (χ4n) is 2.99. The zero-order valence-electron chi connectivity index (χ0n) is 15.9. The van der Waals surface area contributed by atoms with Gasteiger partial charge in [0.25, 0.3) is 0 Å². The Bertz CT molecular complexity index is 716. The van der Waals surface area contributed by atoms with Gasteiger partial charge in [0.15, 0.2) is 5.82 Å². The summed E-state index contributed by atoms with van der Waals surface area (Å²) in [4.78, 5) is 20.0. The van der Waals surface area contributed by atoms with Crippen molar-refractivity contribution in [2.45, 2.75) is 57.9 Å². The highest BCUT2D eigenvalue weighted by Crippen LogP contribution is 2.30. The minimum Gasteiger partial charge on any atom is -0.444 e. The van der Waals surface area contributed by atoms with E-state index in [0.717, 1.165) is 12.0 Å². The molecule has 27 heavy (non-hydrogen) atoms. The molecule has 2 N–H and O–H groups in total. The topological polar surface area (TPSA) is 105 Å². The molecule has 1 aliphatic heterocycles. The lowest BCUT2D eigenvalue weighted by Crippen LogP contribution is -2.50. The number of likely N-dealkylation sites (tertiary alicyclic amines) is 1. The van der Waals surface area contributed by atoms with Gasteiger partial charge in [-0.2, -0.15) is 10.7 Å². The van der Waals surface area contributed by atoms with Crippen molar-refractivity contribution in [3.05, 3.63) is 41.7 Å². The summed E-state index contributed by atoms with van der Waals surface area (Å²) < 4.78 is 5.56. The third-order valence-corrected chi connectivity index (χ3v) is 4.20. The minimum atomic E-state index is -0.580. The molecule has 9 nitrogen and oxygen atoms in total. The van der Waals surface area contributed by atoms with Gasteiger partial charge in [0.1, 0.15) is 5.60 Å². The van der Waals surface area contributed by atoms with Crippen molar-refractivity contribution in [2.24, 2.45) is 0 Å². The van der Waals surface area contributed by atoms with Gasteiger partial charge < -0.3 is 4.74 Å². The van der Waals surface area contributed by atoms with Crippen LogP contribution in [0.5, 0.6) is 0 Å². The van der Waals surface area contributed by atoms with Crippen LogP contribution < -0.4 is 5.48 Å². The molecular weight excluding hydrogens is 348 g/mol. The number of benzene rings is 1. The van der Waals surface area contributed by atoms with Gasteiger partial charge in [-0.15, -0.1) is 10.2 Å². The average molecular weight is 374 g/mol. The van der Waals surface area contributed by atoms with Gasteiger partial charge in [0, 0.05) is 6.54 Å². The van der Waals surface area contributed by atoms with Crippen LogP contribution in [0.15, 0.2) is 30.3 Å². The Hall–Kier alpha value is -2.52. The number of nitrogens with zero attached hydrogens (tertiary/aromatic N) is 4. The molecule has 2 aromatic rings. The van der Waals surface area contributed by atoms with Gasteiger partial charge in [-0.05, 0) is 39.2 Å². The largest absolute Gasteiger partial charge is 0.444 e. The lowest BCUT2D eigenvalue weighted by molar-refractivity contribution is -0.0344. The molecule has 2 heterocycles. The molecule has 1 saturated heterocycles. The van der Waals surface area contributed by atoms with Crippen LogP contribution in [-0.4, -0.2) is 49.8 Å². The van der Waals surface area contributed by atoms with E-state index in [-0.39, 0.29) is 12.1 Å². The van der Waals surface area contributed by atoms with Crippen molar-refractivity contribution in [3.8, 4) is 0 Å². The maximum Gasteiger partial charge on any atom is 0.410 e. The number of hydrogen-bond acceptors (Lipinski definition) is 7. The molecule has 0 radical (unpaired) electrons. The molecule has 1 amide bonds. The Balaban J connectivity index is 1.61. The number of hydroxylamine groups is 1. The molecule has 1 fully saturated rings. The summed E-state index contributed by atoms with van der Waals surface area (Å²) in [6.07, 6.45) is 1.10. The zero-order valence-corrected chi connectivity index (χ0v) is 15.9. The van der Waals surface area contributed by atoms with Crippen molar-refractivity contribution in [1.29, 1.82) is 0 Å². The number of carbonyl (C=O) groups is 1. The first kappa shape index (κ1) is 19.2. The normalized spacial score (nSPS) is 20.5. The molecule has 146 valence electrons. The summed E-state index contributed by atoms with van der Waals surface area (Å²) in [6, 6.07) is 9.63. The Morgan fingerprint density at radius 2 is 2.07 bits per heavy atom. The Kier molecular flexibility index (Phi) is 6.02. The first-order valence-electron chi connectivity index (χ1n) is 9.06. The van der Waals surface area contributed by atoms with Crippen LogP contribution in [0.1, 0.15) is 51.0 Å². The van der Waals surface area contributed by atoms with Gasteiger partial charge in [-0.1, -0.05) is 35.5 Å². The third kappa shape index (κ3) is 5.48. The van der Waals surface area contributed by atoms with E-state index in [1.54, 1.807) is 4.90 Å². The molecule has 9 heteroatoms. The number of H-pyrrole nitrogens is 1. The van der Waals surface area contributed by atoms with E-state index in [1.807, 2.05) is 51.1 Å². The molecule has 1 aliphatic rings. The molecule has 1 aromatic heterocycles. The first-order chi connectivity index (χ1) is 12.9. The molecule has 0 spiro atoms. The molecule has 3 rings (SSSR count). The molecule has 0 saturated carbocycles. The van der Waals surface area contributed by atoms with Gasteiger partial charge in [-0.3, -0.25) is 9.74 Å². The highest BCUT2D eigenvalue weighted by atomic mass is 16.6. The fourth-order valence-corrected chi connectivity index (χ4v) is 2.99. The average Bonchev–Trinajstić information content (AvgIpc) is 3.15. The lowest BCUT2D eigenvalue weighted by Gasteiger charge is -2.38. The van der Waals surface area contributed by atoms with Gasteiger partial charge >= 0.3 is 6.09 Å². The maximum atomic E-state index is 12.7. The van der Waals surface area contributed by atoms with Crippen LogP contribution in [0.2, 0.25) is 0 Å². The number of aromatic amines is 1. The third-order valence-electron chi connectivity index (χ3n) is 4.20. The van der Waals surface area contributed by atoms with Crippen LogP contribution in [0.25, 0.3) is 0 Å². The van der Waals surface area contributed by atoms with E-state index in [9.17, 15) is 4.79 Å². The molecular formula is C18H26N6O3. The van der Waals surface area contributed by atoms with Crippen LogP contribution >= 0.6 is 0 Å². The number of aromatic nitrogens is 4. The fraction of sp³-hybridized carbons (Fsp3) is 0.556. The first-order valence-corrected chi connectivity index (χ1v) is 9.06. The number of tetrazole rings is 1. The van der Waals surface area contributed by atoms with Crippen molar-refractivity contribution >= 4 is 6.09 Å². The van der Waals surface area contributed by atoms with E-state index in [0.29, 0.717) is 25.4 Å². The number of nitrogens with one attached hydrogen (secondary N) is 2. The van der Waals surface area contributed by atoms with Crippen LogP contribution in [0.3, 0.4) is 0 Å². The monoisotopic (exact) mass is 374 g/mol. The number of hydrogen-bond donors (Lipinski definition) is 2. The summed E-state index contributed by atoms with van der Waals surface area (Å²) in [6.45, 7) is 6.42. The van der Waals surface area contributed by atoms with E-state index in [4.69, 9.17) is 9.57 Å². The van der Waals surface area contributed by atoms with Crippen molar-refractivity contribution in [1.82, 2.24) is 31.0 Å². The second-order valence-electron chi connectivity index (χ2n) is 7.58. The number of rotatable bonds is 5. The predicted molar refractivity (Wildman–Crippen MR) is 97.2 cm³/mol. The van der Waals surface area contributed by atoms with Crippen molar-refractivity contribution < 1.29 is 14.4 Å². The van der Waals surface area contributed by atoms with Crippen molar-refractivity contribution in [2.75, 3.05) is 6.54 Å². The van der Waals surface area contributed by atoms with E-state index in [1.165, 1.54) is 0 Å². The molecule has 0 aliphatic carbocycles. The van der Waals surface area contributed by atoms with Crippen molar-refractivity contribution in [3.63, 3.8) is 0 Å². The summed E-state index contributed by atoms with van der Waals surface area (Å²) in [5.74, 6) is 0.490. The van der Waals surface area contributed by atoms with E-state index < -0.39 is 11.7 Å². The summed E-state index contributed by atoms with van der Waals surface area (Å²) in [7, 11) is 0. The smallest absolute Gasteiger partial charge is 0.410 e. The van der Waals surface area contributed by atoms with E-state index in [2.05, 4.69) is 26.1 Å².